The highest BCUT2D eigenvalue weighted by Gasteiger charge is 2.13. The van der Waals surface area contributed by atoms with E-state index in [0.717, 1.165) is 5.75 Å². The molecule has 2 aromatic rings. The Morgan fingerprint density at radius 3 is 2.86 bits per heavy atom. The van der Waals surface area contributed by atoms with Gasteiger partial charge in [0.15, 0.2) is 5.16 Å². The molecule has 22 heavy (non-hydrogen) atoms. The largest absolute Gasteiger partial charge is 0.306 e. The van der Waals surface area contributed by atoms with Gasteiger partial charge in [0.05, 0.1) is 10.9 Å². The Kier molecular flexibility index (Phi) is 5.67. The van der Waals surface area contributed by atoms with E-state index < -0.39 is 0 Å². The normalized spacial score (nSPS) is 12.8. The Bertz CT molecular complexity index is 742. The number of benzene rings is 1. The number of hydrogen-bond acceptors (Lipinski definition) is 4. The van der Waals surface area contributed by atoms with Crippen LogP contribution in [0.1, 0.15) is 6.92 Å². The van der Waals surface area contributed by atoms with Gasteiger partial charge in [0.2, 0.25) is 0 Å². The molecule has 0 aliphatic carbocycles. The number of rotatable bonds is 6. The lowest BCUT2D eigenvalue weighted by Crippen LogP contribution is -2.28. The van der Waals surface area contributed by atoms with Crippen LogP contribution in [0.5, 0.6) is 0 Å². The van der Waals surface area contributed by atoms with Crippen molar-refractivity contribution in [2.75, 3.05) is 19.8 Å². The third-order valence-corrected chi connectivity index (χ3v) is 4.98. The lowest BCUT2D eigenvalue weighted by molar-refractivity contribution is 0.340. The van der Waals surface area contributed by atoms with E-state index in [0.29, 0.717) is 33.7 Å². The smallest absolute Gasteiger partial charge is 0.262 e. The first-order chi connectivity index (χ1) is 10.4. The van der Waals surface area contributed by atoms with Crippen molar-refractivity contribution in [2.24, 2.45) is 0 Å². The van der Waals surface area contributed by atoms with Gasteiger partial charge in [0.25, 0.3) is 5.56 Å². The van der Waals surface area contributed by atoms with E-state index in [2.05, 4.69) is 23.4 Å². The summed E-state index contributed by atoms with van der Waals surface area (Å²) in [6.07, 6.45) is 1.71. The Morgan fingerprint density at radius 1 is 1.50 bits per heavy atom. The number of fused-ring (bicyclic) bond motifs is 1. The SMILES string of the molecule is C=CCn1c(SC[C@H](C)N(C)C)nc2cc(Cl)ccc2c1=O. The van der Waals surface area contributed by atoms with E-state index in [1.807, 2.05) is 14.1 Å². The molecule has 4 nitrogen and oxygen atoms in total. The van der Waals surface area contributed by atoms with Gasteiger partial charge in [-0.05, 0) is 39.2 Å². The van der Waals surface area contributed by atoms with Gasteiger partial charge in [-0.25, -0.2) is 4.98 Å². The molecule has 0 spiro atoms. The highest BCUT2D eigenvalue weighted by molar-refractivity contribution is 7.99. The maximum absolute atomic E-state index is 12.6. The summed E-state index contributed by atoms with van der Waals surface area (Å²) in [5, 5.41) is 1.86. The van der Waals surface area contributed by atoms with Crippen molar-refractivity contribution in [1.82, 2.24) is 14.5 Å². The Labute approximate surface area is 139 Å². The number of allylic oxidation sites excluding steroid dienone is 1. The van der Waals surface area contributed by atoms with E-state index in [1.54, 1.807) is 40.6 Å². The van der Waals surface area contributed by atoms with Crippen LogP contribution in [-0.4, -0.2) is 40.3 Å². The predicted octanol–water partition coefficient (Wildman–Crippen LogP) is 3.28. The van der Waals surface area contributed by atoms with Crippen LogP contribution >= 0.6 is 23.4 Å². The van der Waals surface area contributed by atoms with Gasteiger partial charge in [-0.3, -0.25) is 9.36 Å². The van der Waals surface area contributed by atoms with Crippen LogP contribution in [-0.2, 0) is 6.54 Å². The Balaban J connectivity index is 2.48. The minimum Gasteiger partial charge on any atom is -0.306 e. The van der Waals surface area contributed by atoms with Gasteiger partial charge in [-0.2, -0.15) is 0 Å². The fraction of sp³-hybridized carbons (Fsp3) is 0.375. The second-order valence-electron chi connectivity index (χ2n) is 5.38. The van der Waals surface area contributed by atoms with E-state index in [-0.39, 0.29) is 5.56 Å². The van der Waals surface area contributed by atoms with Crippen molar-refractivity contribution >= 4 is 34.3 Å². The molecule has 6 heteroatoms. The highest BCUT2D eigenvalue weighted by Crippen LogP contribution is 2.21. The molecule has 1 aromatic heterocycles. The Hall–Kier alpha value is -1.30. The molecule has 0 fully saturated rings. The van der Waals surface area contributed by atoms with Gasteiger partial charge >= 0.3 is 0 Å². The average Bonchev–Trinajstić information content (AvgIpc) is 2.47. The minimum absolute atomic E-state index is 0.0541. The van der Waals surface area contributed by atoms with Crippen molar-refractivity contribution in [3.8, 4) is 0 Å². The van der Waals surface area contributed by atoms with E-state index in [9.17, 15) is 4.79 Å². The molecule has 0 aliphatic rings. The second kappa shape index (κ2) is 7.31. The fourth-order valence-electron chi connectivity index (χ4n) is 1.92. The molecule has 1 heterocycles. The van der Waals surface area contributed by atoms with Gasteiger partial charge in [0.1, 0.15) is 0 Å². The maximum atomic E-state index is 12.6. The molecule has 118 valence electrons. The van der Waals surface area contributed by atoms with Crippen LogP contribution in [0.3, 0.4) is 0 Å². The molecular weight excluding hydrogens is 318 g/mol. The number of thioether (sulfide) groups is 1. The number of halogens is 1. The molecule has 0 saturated carbocycles. The molecule has 2 rings (SSSR count). The summed E-state index contributed by atoms with van der Waals surface area (Å²) in [4.78, 5) is 19.4. The third kappa shape index (κ3) is 3.72. The number of nitrogens with zero attached hydrogens (tertiary/aromatic N) is 3. The van der Waals surface area contributed by atoms with Crippen molar-refractivity contribution in [1.29, 1.82) is 0 Å². The van der Waals surface area contributed by atoms with Gasteiger partial charge in [-0.1, -0.05) is 29.4 Å². The first-order valence-corrected chi connectivity index (χ1v) is 8.40. The molecule has 0 radical (unpaired) electrons. The van der Waals surface area contributed by atoms with Crippen LogP contribution in [0.15, 0.2) is 40.8 Å². The predicted molar refractivity (Wildman–Crippen MR) is 95.1 cm³/mol. The molecule has 1 aromatic carbocycles. The van der Waals surface area contributed by atoms with E-state index >= 15 is 0 Å². The first kappa shape index (κ1) is 17.1. The highest BCUT2D eigenvalue weighted by atomic mass is 35.5. The standard InChI is InChI=1S/C16H20ClN3OS/c1-5-8-20-15(21)13-7-6-12(17)9-14(13)18-16(20)22-10-11(2)19(3)4/h5-7,9,11H,1,8,10H2,2-4H3/t11-/m0/s1. The van der Waals surface area contributed by atoms with Crippen LogP contribution in [0.2, 0.25) is 5.02 Å². The maximum Gasteiger partial charge on any atom is 0.262 e. The zero-order valence-corrected chi connectivity index (χ0v) is 14.6. The summed E-state index contributed by atoms with van der Waals surface area (Å²) in [5.41, 5.74) is 0.583. The Morgan fingerprint density at radius 2 is 2.23 bits per heavy atom. The first-order valence-electron chi connectivity index (χ1n) is 7.04. The van der Waals surface area contributed by atoms with Gasteiger partial charge < -0.3 is 4.90 Å². The van der Waals surface area contributed by atoms with Crippen LogP contribution in [0.4, 0.5) is 0 Å². The molecule has 0 unspecified atom stereocenters. The summed E-state index contributed by atoms with van der Waals surface area (Å²) < 4.78 is 1.66. The number of hydrogen-bond donors (Lipinski definition) is 0. The lowest BCUT2D eigenvalue weighted by atomic mass is 10.2. The molecule has 0 N–H and O–H groups in total. The number of aromatic nitrogens is 2. The topological polar surface area (TPSA) is 38.1 Å². The average molecular weight is 338 g/mol. The van der Waals surface area contributed by atoms with Crippen LogP contribution in [0, 0.1) is 0 Å². The molecule has 0 aliphatic heterocycles. The molecule has 0 amide bonds. The van der Waals surface area contributed by atoms with Crippen LogP contribution < -0.4 is 5.56 Å². The zero-order valence-electron chi connectivity index (χ0n) is 13.0. The summed E-state index contributed by atoms with van der Waals surface area (Å²) in [5.74, 6) is 0.850. The zero-order chi connectivity index (χ0) is 16.3. The lowest BCUT2D eigenvalue weighted by Gasteiger charge is -2.19. The third-order valence-electron chi connectivity index (χ3n) is 3.53. The van der Waals surface area contributed by atoms with Crippen LogP contribution in [0.25, 0.3) is 10.9 Å². The van der Waals surface area contributed by atoms with E-state index in [1.165, 1.54) is 0 Å². The fourth-order valence-corrected chi connectivity index (χ4v) is 3.25. The quantitative estimate of drug-likeness (QED) is 0.460. The molecular formula is C16H20ClN3OS. The molecule has 1 atom stereocenters. The molecule has 0 saturated heterocycles. The summed E-state index contributed by atoms with van der Waals surface area (Å²) in [7, 11) is 4.07. The van der Waals surface area contributed by atoms with Crippen molar-refractivity contribution in [3.05, 3.63) is 46.2 Å². The monoisotopic (exact) mass is 337 g/mol. The van der Waals surface area contributed by atoms with Gasteiger partial charge in [-0.15, -0.1) is 6.58 Å². The van der Waals surface area contributed by atoms with Gasteiger partial charge in [0, 0.05) is 23.4 Å². The minimum atomic E-state index is -0.0541. The van der Waals surface area contributed by atoms with E-state index in [4.69, 9.17) is 11.6 Å². The summed E-state index contributed by atoms with van der Waals surface area (Å²) in [6, 6.07) is 5.56. The second-order valence-corrected chi connectivity index (χ2v) is 6.81. The van der Waals surface area contributed by atoms with Crippen molar-refractivity contribution in [3.63, 3.8) is 0 Å². The van der Waals surface area contributed by atoms with Crippen molar-refractivity contribution in [2.45, 2.75) is 24.7 Å². The van der Waals surface area contributed by atoms with Crippen molar-refractivity contribution < 1.29 is 0 Å². The summed E-state index contributed by atoms with van der Waals surface area (Å²) >= 11 is 7.59. The molecule has 0 bridgehead atoms. The summed E-state index contributed by atoms with van der Waals surface area (Å²) in [6.45, 7) is 6.32.